The molecule has 3 fully saturated rings. The van der Waals surface area contributed by atoms with Gasteiger partial charge in [0.2, 0.25) is 5.91 Å². The molecule has 3 heterocycles. The predicted molar refractivity (Wildman–Crippen MR) is 109 cm³/mol. The molecule has 1 amide bonds. The molecule has 0 unspecified atom stereocenters. The van der Waals surface area contributed by atoms with Crippen LogP contribution in [0.2, 0.25) is 0 Å². The molecule has 0 N–H and O–H groups in total. The van der Waals surface area contributed by atoms with Crippen LogP contribution in [0.3, 0.4) is 0 Å². The van der Waals surface area contributed by atoms with Crippen LogP contribution in [-0.2, 0) is 11.3 Å². The van der Waals surface area contributed by atoms with Crippen molar-refractivity contribution in [2.75, 3.05) is 20.2 Å². The van der Waals surface area contributed by atoms with Gasteiger partial charge in [-0.1, -0.05) is 36.4 Å². The van der Waals surface area contributed by atoms with Gasteiger partial charge in [0, 0.05) is 25.0 Å². The smallest absolute Gasteiger partial charge is 0.243 e. The van der Waals surface area contributed by atoms with Gasteiger partial charge < -0.3 is 9.64 Å². The molecular weight excluding hydrogens is 348 g/mol. The number of nitrogens with zero attached hydrogens (tertiary/aromatic N) is 2. The fourth-order valence-electron chi connectivity index (χ4n) is 5.85. The third-order valence-corrected chi connectivity index (χ3v) is 7.25. The first-order valence-electron chi connectivity index (χ1n) is 10.4. The lowest BCUT2D eigenvalue weighted by molar-refractivity contribution is -0.137. The van der Waals surface area contributed by atoms with Crippen LogP contribution in [0.15, 0.2) is 48.5 Å². The highest BCUT2D eigenvalue weighted by atomic mass is 16.5. The number of aryl methyl sites for hydroxylation is 1. The van der Waals surface area contributed by atoms with Gasteiger partial charge in [-0.15, -0.1) is 0 Å². The zero-order valence-electron chi connectivity index (χ0n) is 16.7. The summed E-state index contributed by atoms with van der Waals surface area (Å²) in [6.07, 6.45) is 3.20. The molecule has 3 aliphatic heterocycles. The number of carbonyl (C=O) groups excluding carboxylic acids is 1. The van der Waals surface area contributed by atoms with Crippen molar-refractivity contribution in [1.29, 1.82) is 0 Å². The van der Waals surface area contributed by atoms with E-state index in [1.807, 2.05) is 12.1 Å². The largest absolute Gasteiger partial charge is 0.497 e. The minimum atomic E-state index is -0.271. The first-order chi connectivity index (χ1) is 13.6. The maximum atomic E-state index is 13.6. The number of hydrogen-bond acceptors (Lipinski definition) is 3. The Kier molecular flexibility index (Phi) is 4.20. The topological polar surface area (TPSA) is 32.8 Å². The quantitative estimate of drug-likeness (QED) is 0.810. The Morgan fingerprint density at radius 2 is 1.93 bits per heavy atom. The lowest BCUT2D eigenvalue weighted by Crippen LogP contribution is -2.49. The van der Waals surface area contributed by atoms with Crippen molar-refractivity contribution in [2.24, 2.45) is 5.92 Å². The molecule has 146 valence electrons. The number of likely N-dealkylation sites (tertiary alicyclic amines) is 1. The summed E-state index contributed by atoms with van der Waals surface area (Å²) in [7, 11) is 1.70. The van der Waals surface area contributed by atoms with Crippen LogP contribution < -0.4 is 4.74 Å². The number of ether oxygens (including phenoxy) is 1. The summed E-state index contributed by atoms with van der Waals surface area (Å²) in [6, 6.07) is 17.2. The SMILES string of the molecule is COc1ccc([C@@H]2C[C@H]3CN(Cc4ccccc4C)C(=O)[C@]34CCCN24)cc1. The summed E-state index contributed by atoms with van der Waals surface area (Å²) in [4.78, 5) is 18.3. The molecule has 2 aromatic rings. The summed E-state index contributed by atoms with van der Waals surface area (Å²) in [5, 5.41) is 0. The maximum absolute atomic E-state index is 13.6. The van der Waals surface area contributed by atoms with Gasteiger partial charge in [0.25, 0.3) is 0 Å². The van der Waals surface area contributed by atoms with Gasteiger partial charge in [0.15, 0.2) is 0 Å². The van der Waals surface area contributed by atoms with Crippen LogP contribution in [0.4, 0.5) is 0 Å². The fraction of sp³-hybridized carbons (Fsp3) is 0.458. The second-order valence-electron chi connectivity index (χ2n) is 8.55. The summed E-state index contributed by atoms with van der Waals surface area (Å²) in [6.45, 7) is 4.79. The average molecular weight is 377 g/mol. The van der Waals surface area contributed by atoms with Gasteiger partial charge in [-0.05, 0) is 61.6 Å². The molecule has 2 aromatic carbocycles. The molecule has 0 radical (unpaired) electrons. The molecule has 0 aliphatic carbocycles. The van der Waals surface area contributed by atoms with E-state index in [9.17, 15) is 4.79 Å². The van der Waals surface area contributed by atoms with Crippen molar-refractivity contribution in [1.82, 2.24) is 9.80 Å². The van der Waals surface area contributed by atoms with Gasteiger partial charge in [-0.3, -0.25) is 9.69 Å². The third kappa shape index (κ3) is 2.51. The molecule has 28 heavy (non-hydrogen) atoms. The number of carbonyl (C=O) groups is 1. The van der Waals surface area contributed by atoms with E-state index >= 15 is 0 Å². The molecule has 4 heteroatoms. The van der Waals surface area contributed by atoms with Crippen molar-refractivity contribution >= 4 is 5.91 Å². The molecule has 4 nitrogen and oxygen atoms in total. The Bertz CT molecular complexity index is 894. The second-order valence-corrected chi connectivity index (χ2v) is 8.55. The summed E-state index contributed by atoms with van der Waals surface area (Å²) < 4.78 is 5.31. The number of methoxy groups -OCH3 is 1. The van der Waals surface area contributed by atoms with E-state index in [2.05, 4.69) is 53.1 Å². The molecule has 3 atom stereocenters. The van der Waals surface area contributed by atoms with E-state index < -0.39 is 0 Å². The van der Waals surface area contributed by atoms with Crippen LogP contribution >= 0.6 is 0 Å². The van der Waals surface area contributed by atoms with Crippen LogP contribution in [0.1, 0.15) is 42.0 Å². The molecule has 5 rings (SSSR count). The maximum Gasteiger partial charge on any atom is 0.243 e. The predicted octanol–water partition coefficient (Wildman–Crippen LogP) is 3.94. The zero-order valence-corrected chi connectivity index (χ0v) is 16.7. The Labute approximate surface area is 167 Å². The van der Waals surface area contributed by atoms with Crippen molar-refractivity contribution in [2.45, 2.75) is 44.3 Å². The average Bonchev–Trinajstić information content (AvgIpc) is 3.35. The summed E-state index contributed by atoms with van der Waals surface area (Å²) in [5.74, 6) is 1.67. The molecule has 0 aromatic heterocycles. The minimum absolute atomic E-state index is 0.271. The van der Waals surface area contributed by atoms with Gasteiger partial charge >= 0.3 is 0 Å². The van der Waals surface area contributed by atoms with Crippen molar-refractivity contribution in [3.05, 3.63) is 65.2 Å². The van der Waals surface area contributed by atoms with Gasteiger partial charge in [-0.25, -0.2) is 0 Å². The van der Waals surface area contributed by atoms with Crippen molar-refractivity contribution in [3.8, 4) is 5.75 Å². The highest BCUT2D eigenvalue weighted by Crippen LogP contribution is 2.56. The first kappa shape index (κ1) is 17.7. The van der Waals surface area contributed by atoms with E-state index in [0.717, 1.165) is 44.6 Å². The fourth-order valence-corrected chi connectivity index (χ4v) is 5.85. The molecule has 3 aliphatic rings. The van der Waals surface area contributed by atoms with Gasteiger partial charge in [-0.2, -0.15) is 0 Å². The van der Waals surface area contributed by atoms with E-state index in [1.165, 1.54) is 16.7 Å². The second kappa shape index (κ2) is 6.63. The van der Waals surface area contributed by atoms with Crippen LogP contribution in [-0.4, -0.2) is 41.4 Å². The monoisotopic (exact) mass is 376 g/mol. The third-order valence-electron chi connectivity index (χ3n) is 7.25. The highest BCUT2D eigenvalue weighted by Gasteiger charge is 2.65. The molecular formula is C24H28N2O2. The Hall–Kier alpha value is -2.33. The molecule has 1 spiro atoms. The standard InChI is InChI=1S/C24H28N2O2/c1-17-6-3-4-7-19(17)15-25-16-20-14-22(18-8-10-21(28-2)11-9-18)26-13-5-12-24(20,26)23(25)27/h3-4,6-11,20,22H,5,12-16H2,1-2H3/t20-,22-,24-/m0/s1. The summed E-state index contributed by atoms with van der Waals surface area (Å²) >= 11 is 0. The number of amides is 1. The number of rotatable bonds is 4. The van der Waals surface area contributed by atoms with Crippen LogP contribution in [0.25, 0.3) is 0 Å². The molecule has 0 saturated carbocycles. The Balaban J connectivity index is 1.41. The Morgan fingerprint density at radius 1 is 1.14 bits per heavy atom. The first-order valence-corrected chi connectivity index (χ1v) is 10.4. The lowest BCUT2D eigenvalue weighted by Gasteiger charge is -2.33. The van der Waals surface area contributed by atoms with Gasteiger partial charge in [0.05, 0.1) is 7.11 Å². The van der Waals surface area contributed by atoms with E-state index in [4.69, 9.17) is 4.74 Å². The summed E-state index contributed by atoms with van der Waals surface area (Å²) in [5.41, 5.74) is 3.58. The number of hydrogen-bond donors (Lipinski definition) is 0. The highest BCUT2D eigenvalue weighted by molar-refractivity contribution is 5.90. The molecule has 0 bridgehead atoms. The Morgan fingerprint density at radius 3 is 2.68 bits per heavy atom. The van der Waals surface area contributed by atoms with Crippen molar-refractivity contribution in [3.63, 3.8) is 0 Å². The molecule has 3 saturated heterocycles. The van der Waals surface area contributed by atoms with E-state index in [-0.39, 0.29) is 5.54 Å². The van der Waals surface area contributed by atoms with Crippen LogP contribution in [0, 0.1) is 12.8 Å². The van der Waals surface area contributed by atoms with E-state index in [0.29, 0.717) is 17.9 Å². The van der Waals surface area contributed by atoms with Gasteiger partial charge in [0.1, 0.15) is 11.3 Å². The lowest BCUT2D eigenvalue weighted by atomic mass is 9.85. The van der Waals surface area contributed by atoms with E-state index in [1.54, 1.807) is 7.11 Å². The van der Waals surface area contributed by atoms with Crippen LogP contribution in [0.5, 0.6) is 5.75 Å². The minimum Gasteiger partial charge on any atom is -0.497 e. The normalized spacial score (nSPS) is 29.2. The zero-order chi connectivity index (χ0) is 19.3. The number of benzene rings is 2. The van der Waals surface area contributed by atoms with Crippen molar-refractivity contribution < 1.29 is 9.53 Å².